The van der Waals surface area contributed by atoms with E-state index in [9.17, 15) is 14.4 Å². The first-order chi connectivity index (χ1) is 7.49. The molecule has 1 aromatic heterocycles. The van der Waals surface area contributed by atoms with Gasteiger partial charge in [-0.05, 0) is 22.0 Å². The molecule has 0 aliphatic carbocycles. The van der Waals surface area contributed by atoms with E-state index >= 15 is 0 Å². The van der Waals surface area contributed by atoms with Gasteiger partial charge in [0, 0.05) is 16.7 Å². The molecule has 3 N–H and O–H groups in total. The standard InChI is InChI=1S/C9H10BrN3O3/c10-6-1-2-9(16)13(4-6)5-8(15)12-3-7(11)14/h1-2,4H,3,5H2,(H2,11,14)(H,12,15). The number of hydrogen-bond donors (Lipinski definition) is 2. The predicted octanol–water partition coefficient (Wildman–Crippen LogP) is -0.788. The monoisotopic (exact) mass is 287 g/mol. The summed E-state index contributed by atoms with van der Waals surface area (Å²) in [6.45, 7) is -0.382. The Hall–Kier alpha value is -1.63. The molecule has 0 atom stereocenters. The van der Waals surface area contributed by atoms with Crippen LogP contribution in [0.3, 0.4) is 0 Å². The van der Waals surface area contributed by atoms with E-state index in [1.54, 1.807) is 6.07 Å². The number of amides is 2. The highest BCUT2D eigenvalue weighted by Gasteiger charge is 2.05. The zero-order valence-electron chi connectivity index (χ0n) is 8.27. The van der Waals surface area contributed by atoms with Gasteiger partial charge in [0.05, 0.1) is 6.54 Å². The van der Waals surface area contributed by atoms with Crippen LogP contribution < -0.4 is 16.6 Å². The van der Waals surface area contributed by atoms with Crippen molar-refractivity contribution in [1.82, 2.24) is 9.88 Å². The number of halogens is 1. The first-order valence-corrected chi connectivity index (χ1v) is 5.19. The molecule has 1 heterocycles. The summed E-state index contributed by atoms with van der Waals surface area (Å²) in [7, 11) is 0. The number of rotatable bonds is 4. The SMILES string of the molecule is NC(=O)CNC(=O)Cn1cc(Br)ccc1=O. The largest absolute Gasteiger partial charge is 0.368 e. The average molecular weight is 288 g/mol. The van der Waals surface area contributed by atoms with Crippen LogP contribution in [0.1, 0.15) is 0 Å². The minimum Gasteiger partial charge on any atom is -0.368 e. The van der Waals surface area contributed by atoms with Crippen LogP contribution in [0.25, 0.3) is 0 Å². The van der Waals surface area contributed by atoms with Crippen LogP contribution in [0.2, 0.25) is 0 Å². The van der Waals surface area contributed by atoms with Crippen molar-refractivity contribution in [2.75, 3.05) is 6.54 Å². The second-order valence-electron chi connectivity index (χ2n) is 3.06. The van der Waals surface area contributed by atoms with E-state index in [4.69, 9.17) is 5.73 Å². The zero-order valence-corrected chi connectivity index (χ0v) is 9.86. The maximum absolute atomic E-state index is 11.3. The molecule has 6 nitrogen and oxygen atoms in total. The lowest BCUT2D eigenvalue weighted by atomic mass is 10.4. The number of nitrogens with one attached hydrogen (secondary N) is 1. The lowest BCUT2D eigenvalue weighted by molar-refractivity contribution is -0.125. The molecule has 7 heteroatoms. The van der Waals surface area contributed by atoms with Gasteiger partial charge in [-0.15, -0.1) is 0 Å². The molecule has 0 saturated heterocycles. The molecule has 0 unspecified atom stereocenters. The maximum Gasteiger partial charge on any atom is 0.251 e. The molecule has 1 aromatic rings. The first kappa shape index (κ1) is 12.4. The molecule has 0 bridgehead atoms. The molecule has 0 radical (unpaired) electrons. The second-order valence-corrected chi connectivity index (χ2v) is 3.97. The molecule has 0 spiro atoms. The lowest BCUT2D eigenvalue weighted by Crippen LogP contribution is -2.37. The highest BCUT2D eigenvalue weighted by atomic mass is 79.9. The zero-order chi connectivity index (χ0) is 12.1. The summed E-state index contributed by atoms with van der Waals surface area (Å²) in [5.41, 5.74) is 4.56. The Bertz CT molecular complexity index is 469. The van der Waals surface area contributed by atoms with Crippen molar-refractivity contribution >= 4 is 27.7 Å². The summed E-state index contributed by atoms with van der Waals surface area (Å²) >= 11 is 3.18. The summed E-state index contributed by atoms with van der Waals surface area (Å²) < 4.78 is 1.91. The van der Waals surface area contributed by atoms with Crippen molar-refractivity contribution in [3.8, 4) is 0 Å². The average Bonchev–Trinajstić information content (AvgIpc) is 2.20. The van der Waals surface area contributed by atoms with Gasteiger partial charge < -0.3 is 15.6 Å². The summed E-state index contributed by atoms with van der Waals surface area (Å²) in [6.07, 6.45) is 1.49. The van der Waals surface area contributed by atoms with Gasteiger partial charge >= 0.3 is 0 Å². The van der Waals surface area contributed by atoms with Gasteiger partial charge in [0.25, 0.3) is 5.56 Å². The van der Waals surface area contributed by atoms with Gasteiger partial charge in [0.2, 0.25) is 11.8 Å². The molecule has 86 valence electrons. The fourth-order valence-electron chi connectivity index (χ4n) is 1.02. The third-order valence-corrected chi connectivity index (χ3v) is 2.19. The normalized spacial score (nSPS) is 9.81. The summed E-state index contributed by atoms with van der Waals surface area (Å²) in [5, 5.41) is 2.29. The van der Waals surface area contributed by atoms with E-state index in [2.05, 4.69) is 21.2 Å². The van der Waals surface area contributed by atoms with E-state index in [-0.39, 0.29) is 18.6 Å². The van der Waals surface area contributed by atoms with Crippen molar-refractivity contribution in [1.29, 1.82) is 0 Å². The van der Waals surface area contributed by atoms with E-state index in [1.807, 2.05) is 0 Å². The Balaban J connectivity index is 2.66. The molecule has 0 aliphatic rings. The Kier molecular flexibility index (Phi) is 4.24. The van der Waals surface area contributed by atoms with Crippen LogP contribution in [-0.4, -0.2) is 22.9 Å². The molecule has 0 aliphatic heterocycles. The number of pyridine rings is 1. The molecule has 2 amide bonds. The van der Waals surface area contributed by atoms with Crippen molar-refractivity contribution in [3.63, 3.8) is 0 Å². The van der Waals surface area contributed by atoms with E-state index in [0.717, 1.165) is 0 Å². The Morgan fingerprint density at radius 2 is 2.12 bits per heavy atom. The number of nitrogens with two attached hydrogens (primary N) is 1. The molecule has 16 heavy (non-hydrogen) atoms. The lowest BCUT2D eigenvalue weighted by Gasteiger charge is -2.05. The summed E-state index contributed by atoms with van der Waals surface area (Å²) in [6, 6.07) is 2.92. The van der Waals surface area contributed by atoms with Gasteiger partial charge in [0.1, 0.15) is 6.54 Å². The molecule has 0 fully saturated rings. The van der Waals surface area contributed by atoms with Crippen LogP contribution in [0.4, 0.5) is 0 Å². The van der Waals surface area contributed by atoms with Crippen LogP contribution in [0, 0.1) is 0 Å². The van der Waals surface area contributed by atoms with Gasteiger partial charge in [0.15, 0.2) is 0 Å². The minimum absolute atomic E-state index is 0.147. The topological polar surface area (TPSA) is 94.2 Å². The molecule has 0 saturated carbocycles. The third kappa shape index (κ3) is 3.85. The van der Waals surface area contributed by atoms with Gasteiger partial charge in [-0.1, -0.05) is 0 Å². The van der Waals surface area contributed by atoms with Crippen molar-refractivity contribution in [2.24, 2.45) is 5.73 Å². The van der Waals surface area contributed by atoms with Gasteiger partial charge in [-0.2, -0.15) is 0 Å². The van der Waals surface area contributed by atoms with Crippen molar-refractivity contribution < 1.29 is 9.59 Å². The third-order valence-electron chi connectivity index (χ3n) is 1.72. The van der Waals surface area contributed by atoms with Crippen LogP contribution >= 0.6 is 15.9 Å². The highest BCUT2D eigenvalue weighted by molar-refractivity contribution is 9.10. The smallest absolute Gasteiger partial charge is 0.251 e. The van der Waals surface area contributed by atoms with Crippen LogP contribution in [-0.2, 0) is 16.1 Å². The Labute approximate surface area is 99.6 Å². The van der Waals surface area contributed by atoms with Crippen LogP contribution in [0.15, 0.2) is 27.6 Å². The minimum atomic E-state index is -0.630. The number of nitrogens with zero attached hydrogens (tertiary/aromatic N) is 1. The number of carbonyl (C=O) groups excluding carboxylic acids is 2. The first-order valence-electron chi connectivity index (χ1n) is 4.40. The quantitative estimate of drug-likeness (QED) is 0.760. The molecule has 0 aromatic carbocycles. The highest BCUT2D eigenvalue weighted by Crippen LogP contribution is 2.04. The fourth-order valence-corrected chi connectivity index (χ4v) is 1.40. The summed E-state index contributed by atoms with van der Waals surface area (Å²) in [4.78, 5) is 33.0. The molecular formula is C9H10BrN3O3. The summed E-state index contributed by atoms with van der Waals surface area (Å²) in [5.74, 6) is -1.08. The van der Waals surface area contributed by atoms with Gasteiger partial charge in [-0.3, -0.25) is 14.4 Å². The van der Waals surface area contributed by atoms with Gasteiger partial charge in [-0.25, -0.2) is 0 Å². The van der Waals surface area contributed by atoms with E-state index < -0.39 is 11.8 Å². The Morgan fingerprint density at radius 3 is 2.75 bits per heavy atom. The fraction of sp³-hybridized carbons (Fsp3) is 0.222. The number of aromatic nitrogens is 1. The predicted molar refractivity (Wildman–Crippen MR) is 60.6 cm³/mol. The van der Waals surface area contributed by atoms with E-state index in [0.29, 0.717) is 4.47 Å². The molecular weight excluding hydrogens is 278 g/mol. The van der Waals surface area contributed by atoms with Crippen molar-refractivity contribution in [3.05, 3.63) is 33.2 Å². The Morgan fingerprint density at radius 1 is 1.44 bits per heavy atom. The van der Waals surface area contributed by atoms with Crippen LogP contribution in [0.5, 0.6) is 0 Å². The molecule has 1 rings (SSSR count). The van der Waals surface area contributed by atoms with Crippen molar-refractivity contribution in [2.45, 2.75) is 6.54 Å². The second kappa shape index (κ2) is 5.45. The van der Waals surface area contributed by atoms with E-state index in [1.165, 1.54) is 16.8 Å². The number of hydrogen-bond acceptors (Lipinski definition) is 3. The number of primary amides is 1. The number of carbonyl (C=O) groups is 2. The maximum atomic E-state index is 11.3.